The van der Waals surface area contributed by atoms with E-state index in [1.807, 2.05) is 43.3 Å². The van der Waals surface area contributed by atoms with Crippen molar-refractivity contribution in [2.45, 2.75) is 26.3 Å². The SMILES string of the molecule is Cc1cnc(NCCc2ccccn2)c(=O)n1CCNCCc1nc2ccc(Cl)cc2[nH]1. The Balaban J connectivity index is 1.26. The van der Waals surface area contributed by atoms with E-state index in [2.05, 4.69) is 30.6 Å². The molecule has 8 nitrogen and oxygen atoms in total. The molecule has 3 N–H and O–H groups in total. The molecule has 0 aliphatic heterocycles. The molecule has 0 fully saturated rings. The van der Waals surface area contributed by atoms with E-state index in [0.717, 1.165) is 47.6 Å². The van der Waals surface area contributed by atoms with Crippen LogP contribution in [0, 0.1) is 6.92 Å². The first kappa shape index (κ1) is 22.0. The van der Waals surface area contributed by atoms with Gasteiger partial charge in [0.25, 0.3) is 5.56 Å². The van der Waals surface area contributed by atoms with Crippen LogP contribution in [0.4, 0.5) is 5.82 Å². The fraction of sp³-hybridized carbons (Fsp3) is 0.304. The molecule has 0 atom stereocenters. The molecule has 3 heterocycles. The van der Waals surface area contributed by atoms with Crippen LogP contribution in [-0.2, 0) is 19.4 Å². The summed E-state index contributed by atoms with van der Waals surface area (Å²) in [4.78, 5) is 29.2. The maximum Gasteiger partial charge on any atom is 0.293 e. The van der Waals surface area contributed by atoms with E-state index in [1.165, 1.54) is 0 Å². The van der Waals surface area contributed by atoms with E-state index in [0.29, 0.717) is 30.5 Å². The number of aromatic amines is 1. The van der Waals surface area contributed by atoms with Gasteiger partial charge in [0, 0.05) is 67.8 Å². The normalized spacial score (nSPS) is 11.2. The van der Waals surface area contributed by atoms with E-state index < -0.39 is 0 Å². The third-order valence-electron chi connectivity index (χ3n) is 5.20. The molecular formula is C23H26ClN7O. The molecule has 0 saturated carbocycles. The van der Waals surface area contributed by atoms with E-state index in [1.54, 1.807) is 17.0 Å². The number of halogens is 1. The van der Waals surface area contributed by atoms with Crippen molar-refractivity contribution in [3.63, 3.8) is 0 Å². The minimum absolute atomic E-state index is 0.109. The molecule has 32 heavy (non-hydrogen) atoms. The highest BCUT2D eigenvalue weighted by Gasteiger charge is 2.08. The van der Waals surface area contributed by atoms with Crippen molar-refractivity contribution in [3.8, 4) is 0 Å². The first-order chi connectivity index (χ1) is 15.6. The lowest BCUT2D eigenvalue weighted by atomic mass is 10.3. The minimum atomic E-state index is -0.109. The van der Waals surface area contributed by atoms with E-state index in [9.17, 15) is 4.79 Å². The lowest BCUT2D eigenvalue weighted by Gasteiger charge is -2.12. The average Bonchev–Trinajstić information content (AvgIpc) is 3.19. The van der Waals surface area contributed by atoms with Crippen molar-refractivity contribution in [1.82, 2.24) is 29.8 Å². The highest BCUT2D eigenvalue weighted by atomic mass is 35.5. The number of nitrogens with one attached hydrogen (secondary N) is 3. The van der Waals surface area contributed by atoms with Crippen molar-refractivity contribution in [3.05, 3.63) is 81.4 Å². The lowest BCUT2D eigenvalue weighted by Crippen LogP contribution is -2.31. The third kappa shape index (κ3) is 5.52. The molecule has 9 heteroatoms. The number of pyridine rings is 1. The highest BCUT2D eigenvalue weighted by Crippen LogP contribution is 2.17. The lowest BCUT2D eigenvalue weighted by molar-refractivity contribution is 0.571. The Labute approximate surface area is 191 Å². The van der Waals surface area contributed by atoms with Crippen molar-refractivity contribution in [2.24, 2.45) is 0 Å². The topological polar surface area (TPSA) is 101 Å². The second-order valence-corrected chi connectivity index (χ2v) is 7.98. The summed E-state index contributed by atoms with van der Waals surface area (Å²) in [5.74, 6) is 1.28. The van der Waals surface area contributed by atoms with Crippen molar-refractivity contribution >= 4 is 28.5 Å². The van der Waals surface area contributed by atoms with Crippen LogP contribution in [0.15, 0.2) is 53.6 Å². The third-order valence-corrected chi connectivity index (χ3v) is 5.43. The van der Waals surface area contributed by atoms with Gasteiger partial charge in [-0.15, -0.1) is 0 Å². The average molecular weight is 452 g/mol. The molecule has 1 aromatic carbocycles. The Kier molecular flexibility index (Phi) is 7.14. The highest BCUT2D eigenvalue weighted by molar-refractivity contribution is 6.31. The molecule has 0 spiro atoms. The summed E-state index contributed by atoms with van der Waals surface area (Å²) in [7, 11) is 0. The smallest absolute Gasteiger partial charge is 0.293 e. The largest absolute Gasteiger partial charge is 0.365 e. The molecule has 4 rings (SSSR count). The van der Waals surface area contributed by atoms with E-state index in [-0.39, 0.29) is 5.56 Å². The van der Waals surface area contributed by atoms with Gasteiger partial charge in [0.05, 0.1) is 11.0 Å². The van der Waals surface area contributed by atoms with Crippen molar-refractivity contribution in [2.75, 3.05) is 25.0 Å². The Bertz CT molecular complexity index is 1240. The second kappa shape index (κ2) is 10.4. The van der Waals surface area contributed by atoms with Gasteiger partial charge < -0.3 is 20.2 Å². The van der Waals surface area contributed by atoms with Crippen LogP contribution in [0.25, 0.3) is 11.0 Å². The van der Waals surface area contributed by atoms with Crippen molar-refractivity contribution < 1.29 is 0 Å². The number of hydrogen-bond acceptors (Lipinski definition) is 6. The Hall–Kier alpha value is -3.23. The molecule has 166 valence electrons. The van der Waals surface area contributed by atoms with Crippen LogP contribution in [-0.4, -0.2) is 44.1 Å². The van der Waals surface area contributed by atoms with Gasteiger partial charge in [0.1, 0.15) is 5.82 Å². The molecule has 3 aromatic heterocycles. The standard InChI is InChI=1S/C23H26ClN7O/c1-16-15-28-22(27-11-7-18-4-2-3-9-26-18)23(32)31(16)13-12-25-10-8-21-29-19-6-5-17(24)14-20(19)30-21/h2-6,9,14-15,25H,7-8,10-13H2,1H3,(H,27,28)(H,29,30). The van der Waals surface area contributed by atoms with E-state index in [4.69, 9.17) is 11.6 Å². The van der Waals surface area contributed by atoms with Gasteiger partial charge in [-0.25, -0.2) is 9.97 Å². The molecule has 0 aliphatic rings. The van der Waals surface area contributed by atoms with Gasteiger partial charge in [-0.3, -0.25) is 9.78 Å². The summed E-state index contributed by atoms with van der Waals surface area (Å²) in [5, 5.41) is 7.21. The Morgan fingerprint density at radius 1 is 1.09 bits per heavy atom. The molecular weight excluding hydrogens is 426 g/mol. The number of benzene rings is 1. The number of aromatic nitrogens is 5. The zero-order valence-electron chi connectivity index (χ0n) is 17.9. The number of rotatable bonds is 10. The summed E-state index contributed by atoms with van der Waals surface area (Å²) in [6, 6.07) is 11.4. The quantitative estimate of drug-likeness (QED) is 0.320. The summed E-state index contributed by atoms with van der Waals surface area (Å²) in [6.07, 6.45) is 4.98. The minimum Gasteiger partial charge on any atom is -0.365 e. The Morgan fingerprint density at radius 3 is 2.84 bits per heavy atom. The molecule has 0 bridgehead atoms. The molecule has 0 unspecified atom stereocenters. The maximum absolute atomic E-state index is 12.8. The summed E-state index contributed by atoms with van der Waals surface area (Å²) in [5.41, 5.74) is 3.55. The van der Waals surface area contributed by atoms with Gasteiger partial charge in [-0.05, 0) is 37.3 Å². The number of imidazole rings is 1. The molecule has 4 aromatic rings. The summed E-state index contributed by atoms with van der Waals surface area (Å²) in [6.45, 7) is 4.48. The first-order valence-corrected chi connectivity index (χ1v) is 11.0. The molecule has 0 aliphatic carbocycles. The van der Waals surface area contributed by atoms with Gasteiger partial charge in [0.15, 0.2) is 5.82 Å². The number of hydrogen-bond donors (Lipinski definition) is 3. The summed E-state index contributed by atoms with van der Waals surface area (Å²) >= 11 is 6.02. The maximum atomic E-state index is 12.8. The second-order valence-electron chi connectivity index (χ2n) is 7.55. The van der Waals surface area contributed by atoms with E-state index >= 15 is 0 Å². The zero-order chi connectivity index (χ0) is 22.3. The van der Waals surface area contributed by atoms with Crippen LogP contribution in [0.3, 0.4) is 0 Å². The van der Waals surface area contributed by atoms with Gasteiger partial charge in [-0.1, -0.05) is 17.7 Å². The number of aryl methyl sites for hydroxylation is 1. The predicted octanol–water partition coefficient (Wildman–Crippen LogP) is 2.96. The summed E-state index contributed by atoms with van der Waals surface area (Å²) < 4.78 is 1.74. The number of nitrogens with zero attached hydrogens (tertiary/aromatic N) is 4. The Morgan fingerprint density at radius 2 is 2.00 bits per heavy atom. The van der Waals surface area contributed by atoms with Crippen LogP contribution in [0.2, 0.25) is 5.02 Å². The fourth-order valence-electron chi connectivity index (χ4n) is 3.50. The monoisotopic (exact) mass is 451 g/mol. The first-order valence-electron chi connectivity index (χ1n) is 10.7. The zero-order valence-corrected chi connectivity index (χ0v) is 18.7. The molecule has 0 saturated heterocycles. The number of anilines is 1. The van der Waals surface area contributed by atoms with Gasteiger partial charge in [0.2, 0.25) is 0 Å². The van der Waals surface area contributed by atoms with Crippen LogP contribution >= 0.6 is 11.6 Å². The fourth-order valence-corrected chi connectivity index (χ4v) is 3.67. The van der Waals surface area contributed by atoms with Crippen LogP contribution < -0.4 is 16.2 Å². The molecule has 0 radical (unpaired) electrons. The predicted molar refractivity (Wildman–Crippen MR) is 127 cm³/mol. The molecule has 0 amide bonds. The van der Waals surface area contributed by atoms with Crippen molar-refractivity contribution in [1.29, 1.82) is 0 Å². The van der Waals surface area contributed by atoms with Crippen LogP contribution in [0.5, 0.6) is 0 Å². The number of H-pyrrole nitrogens is 1. The van der Waals surface area contributed by atoms with Crippen LogP contribution in [0.1, 0.15) is 17.2 Å². The van der Waals surface area contributed by atoms with Gasteiger partial charge in [-0.2, -0.15) is 0 Å². The van der Waals surface area contributed by atoms with Gasteiger partial charge >= 0.3 is 0 Å². The number of fused-ring (bicyclic) bond motifs is 1.